The monoisotopic (exact) mass is 268 g/mol. The summed E-state index contributed by atoms with van der Waals surface area (Å²) in [5.74, 6) is 0. The van der Waals surface area contributed by atoms with Crippen LogP contribution in [0.1, 0.15) is 17.8 Å². The molecular weight excluding hydrogens is 244 g/mol. The third-order valence-electron chi connectivity index (χ3n) is 2.48. The summed E-state index contributed by atoms with van der Waals surface area (Å²) in [4.78, 5) is 4.49. The first kappa shape index (κ1) is 16.0. The van der Waals surface area contributed by atoms with E-state index in [1.54, 1.807) is 7.11 Å². The summed E-state index contributed by atoms with van der Waals surface area (Å²) in [5, 5.41) is 3.08. The second-order valence-corrected chi connectivity index (χ2v) is 4.16. The van der Waals surface area contributed by atoms with Gasteiger partial charge < -0.3 is 19.5 Å². The molecule has 0 radical (unpaired) electrons. The van der Waals surface area contributed by atoms with Crippen molar-refractivity contribution in [3.05, 3.63) is 29.6 Å². The Bertz CT molecular complexity index is 334. The van der Waals surface area contributed by atoms with Crippen LogP contribution < -0.4 is 5.32 Å². The highest BCUT2D eigenvalue weighted by molar-refractivity contribution is 5.10. The molecule has 0 aliphatic heterocycles. The lowest BCUT2D eigenvalue weighted by molar-refractivity contribution is 0.0478. The van der Waals surface area contributed by atoms with E-state index in [2.05, 4.69) is 10.3 Å². The zero-order valence-electron chi connectivity index (χ0n) is 11.9. The van der Waals surface area contributed by atoms with Crippen molar-refractivity contribution in [3.63, 3.8) is 0 Å². The predicted molar refractivity (Wildman–Crippen MR) is 74.0 cm³/mol. The van der Waals surface area contributed by atoms with Crippen molar-refractivity contribution in [2.24, 2.45) is 0 Å². The zero-order chi connectivity index (χ0) is 13.8. The van der Waals surface area contributed by atoms with Gasteiger partial charge in [-0.2, -0.15) is 0 Å². The van der Waals surface area contributed by atoms with E-state index < -0.39 is 0 Å². The molecule has 0 amide bonds. The van der Waals surface area contributed by atoms with Gasteiger partial charge in [-0.1, -0.05) is 6.07 Å². The number of nitrogens with zero attached hydrogens (tertiary/aromatic N) is 1. The van der Waals surface area contributed by atoms with Crippen LogP contribution in [0.15, 0.2) is 18.2 Å². The Morgan fingerprint density at radius 2 is 1.84 bits per heavy atom. The maximum absolute atomic E-state index is 5.57. The maximum Gasteiger partial charge on any atom is 0.0887 e. The molecule has 5 heteroatoms. The molecule has 0 unspecified atom stereocenters. The second kappa shape index (κ2) is 10.9. The van der Waals surface area contributed by atoms with E-state index in [4.69, 9.17) is 14.2 Å². The lowest BCUT2D eigenvalue weighted by atomic mass is 10.3. The molecule has 1 N–H and O–H groups in total. The first-order chi connectivity index (χ1) is 9.36. The quantitative estimate of drug-likeness (QED) is 0.614. The molecule has 1 rings (SSSR count). The third kappa shape index (κ3) is 7.89. The molecule has 0 spiro atoms. The Kier molecular flexibility index (Phi) is 9.18. The molecule has 0 aliphatic rings. The number of rotatable bonds is 11. The Morgan fingerprint density at radius 1 is 1.05 bits per heavy atom. The Balaban J connectivity index is 2.07. The van der Waals surface area contributed by atoms with Crippen LogP contribution in [0.3, 0.4) is 0 Å². The van der Waals surface area contributed by atoms with Crippen LogP contribution in [0.5, 0.6) is 0 Å². The van der Waals surface area contributed by atoms with Crippen molar-refractivity contribution >= 4 is 0 Å². The summed E-state index contributed by atoms with van der Waals surface area (Å²) in [7, 11) is 3.58. The van der Waals surface area contributed by atoms with E-state index >= 15 is 0 Å². The minimum Gasteiger partial charge on any atom is -0.382 e. The average molecular weight is 268 g/mol. The van der Waals surface area contributed by atoms with E-state index in [1.807, 2.05) is 25.2 Å². The van der Waals surface area contributed by atoms with Gasteiger partial charge in [-0.15, -0.1) is 0 Å². The van der Waals surface area contributed by atoms with Gasteiger partial charge in [0.1, 0.15) is 0 Å². The molecule has 0 atom stereocenters. The largest absolute Gasteiger partial charge is 0.382 e. The maximum atomic E-state index is 5.57. The second-order valence-electron chi connectivity index (χ2n) is 4.16. The topological polar surface area (TPSA) is 52.6 Å². The molecule has 0 aromatic carbocycles. The minimum atomic E-state index is 0.551. The highest BCUT2D eigenvalue weighted by Gasteiger charge is 1.98. The van der Waals surface area contributed by atoms with E-state index in [9.17, 15) is 0 Å². The van der Waals surface area contributed by atoms with Gasteiger partial charge in [0.25, 0.3) is 0 Å². The summed E-state index contributed by atoms with van der Waals surface area (Å²) in [6.45, 7) is 4.01. The lowest BCUT2D eigenvalue weighted by Gasteiger charge is -2.06. The third-order valence-corrected chi connectivity index (χ3v) is 2.48. The summed E-state index contributed by atoms with van der Waals surface area (Å²) >= 11 is 0. The van der Waals surface area contributed by atoms with Gasteiger partial charge in [-0.05, 0) is 25.6 Å². The highest BCUT2D eigenvalue weighted by atomic mass is 16.5. The summed E-state index contributed by atoms with van der Waals surface area (Å²) in [6.07, 6.45) is 0.889. The number of ether oxygens (including phenoxy) is 3. The van der Waals surface area contributed by atoms with Crippen LogP contribution in [0.2, 0.25) is 0 Å². The van der Waals surface area contributed by atoms with Crippen LogP contribution in [0.25, 0.3) is 0 Å². The molecule has 0 fully saturated rings. The van der Waals surface area contributed by atoms with Gasteiger partial charge in [-0.3, -0.25) is 4.98 Å². The van der Waals surface area contributed by atoms with E-state index in [-0.39, 0.29) is 0 Å². The predicted octanol–water partition coefficient (Wildman–Crippen LogP) is 1.37. The molecule has 0 saturated carbocycles. The first-order valence-corrected chi connectivity index (χ1v) is 6.60. The number of methoxy groups -OCH3 is 1. The van der Waals surface area contributed by atoms with E-state index in [0.717, 1.165) is 24.4 Å². The highest BCUT2D eigenvalue weighted by Crippen LogP contribution is 2.01. The molecular formula is C14H24N2O3. The van der Waals surface area contributed by atoms with E-state index in [1.165, 1.54) is 0 Å². The first-order valence-electron chi connectivity index (χ1n) is 6.60. The van der Waals surface area contributed by atoms with Gasteiger partial charge in [0, 0.05) is 26.9 Å². The summed E-state index contributed by atoms with van der Waals surface area (Å²) < 4.78 is 15.8. The van der Waals surface area contributed by atoms with Gasteiger partial charge in [0.2, 0.25) is 0 Å². The summed E-state index contributed by atoms with van der Waals surface area (Å²) in [5.41, 5.74) is 2.00. The Morgan fingerprint density at radius 3 is 2.63 bits per heavy atom. The van der Waals surface area contributed by atoms with Gasteiger partial charge in [0.05, 0.1) is 31.2 Å². The summed E-state index contributed by atoms with van der Waals surface area (Å²) in [6, 6.07) is 5.99. The van der Waals surface area contributed by atoms with Crippen molar-refractivity contribution in [1.29, 1.82) is 0 Å². The smallest absolute Gasteiger partial charge is 0.0887 e. The lowest BCUT2D eigenvalue weighted by Crippen LogP contribution is -2.09. The number of pyridine rings is 1. The number of hydrogen-bond donors (Lipinski definition) is 1. The van der Waals surface area contributed by atoms with Crippen LogP contribution in [0.4, 0.5) is 0 Å². The van der Waals surface area contributed by atoms with Crippen molar-refractivity contribution in [3.8, 4) is 0 Å². The fourth-order valence-corrected chi connectivity index (χ4v) is 1.57. The molecule has 1 aromatic heterocycles. The average Bonchev–Trinajstić information content (AvgIpc) is 2.43. The van der Waals surface area contributed by atoms with Gasteiger partial charge in [-0.25, -0.2) is 0 Å². The van der Waals surface area contributed by atoms with Crippen LogP contribution >= 0.6 is 0 Å². The molecule has 0 saturated heterocycles. The molecule has 19 heavy (non-hydrogen) atoms. The van der Waals surface area contributed by atoms with Crippen LogP contribution in [0, 0.1) is 0 Å². The molecule has 0 aliphatic carbocycles. The molecule has 5 nitrogen and oxygen atoms in total. The molecule has 1 aromatic rings. The van der Waals surface area contributed by atoms with Crippen LogP contribution in [-0.2, 0) is 27.4 Å². The number of hydrogen-bond acceptors (Lipinski definition) is 5. The molecule has 0 bridgehead atoms. The van der Waals surface area contributed by atoms with Crippen molar-refractivity contribution < 1.29 is 14.2 Å². The zero-order valence-corrected chi connectivity index (χ0v) is 11.9. The number of nitrogens with one attached hydrogen (secondary N) is 1. The Labute approximate surface area is 115 Å². The standard InChI is InChI=1S/C14H24N2O3/c1-15-11-13-5-3-6-14(16-13)12-19-8-4-7-18-10-9-17-2/h3,5-6,15H,4,7-12H2,1-2H3. The van der Waals surface area contributed by atoms with Crippen molar-refractivity contribution in [2.75, 3.05) is 40.6 Å². The van der Waals surface area contributed by atoms with Crippen LogP contribution in [-0.4, -0.2) is 45.6 Å². The number of aromatic nitrogens is 1. The van der Waals surface area contributed by atoms with Crippen molar-refractivity contribution in [1.82, 2.24) is 10.3 Å². The normalized spacial score (nSPS) is 10.8. The van der Waals surface area contributed by atoms with Gasteiger partial charge in [0.15, 0.2) is 0 Å². The van der Waals surface area contributed by atoms with Crippen molar-refractivity contribution in [2.45, 2.75) is 19.6 Å². The molecule has 108 valence electrons. The fourth-order valence-electron chi connectivity index (χ4n) is 1.57. The fraction of sp³-hybridized carbons (Fsp3) is 0.643. The van der Waals surface area contributed by atoms with E-state index in [0.29, 0.717) is 33.0 Å². The molecule has 1 heterocycles. The van der Waals surface area contributed by atoms with Gasteiger partial charge >= 0.3 is 0 Å². The minimum absolute atomic E-state index is 0.551. The Hall–Kier alpha value is -1.01. The SMILES string of the molecule is CNCc1cccc(COCCCOCCOC)n1.